The average molecular weight is 923 g/mol. The first-order valence-corrected chi connectivity index (χ1v) is 22.2. The van der Waals surface area contributed by atoms with Crippen LogP contribution in [0, 0.1) is 11.3 Å². The number of carbonyl (C=O) groups excluding carboxylic acids is 1. The van der Waals surface area contributed by atoms with Crippen LogP contribution in [0.1, 0.15) is 75.6 Å². The predicted molar refractivity (Wildman–Crippen MR) is 237 cm³/mol. The molecule has 2 aromatic heterocycles. The highest BCUT2D eigenvalue weighted by atomic mass is 31.2. The first-order chi connectivity index (χ1) is 31.1. The molecule has 1 aliphatic rings. The van der Waals surface area contributed by atoms with E-state index in [0.717, 1.165) is 16.7 Å². The molecule has 0 bridgehead atoms. The van der Waals surface area contributed by atoms with Gasteiger partial charge in [-0.05, 0) is 81.5 Å². The molecule has 3 aromatic carbocycles. The summed E-state index contributed by atoms with van der Waals surface area (Å²) in [4.78, 5) is 30.3. The van der Waals surface area contributed by atoms with E-state index in [-0.39, 0.29) is 80.2 Å². The SMILES string of the molecule is COc1ccc(C(OC[C@H]2O[C@@H](n3c(N)nc4[nH]nc(CCCNC(=O)C(F)(F)F)c4c3=O)CC2OP(OCCC#N)N(C(C)C)C(C)C)(c2ccccc2)c2ccc(OC)cc2)cc1. The van der Waals surface area contributed by atoms with Crippen LogP contribution >= 0.6 is 8.53 Å². The maximum Gasteiger partial charge on any atom is 0.471 e. The van der Waals surface area contributed by atoms with Crippen LogP contribution in [-0.2, 0) is 35.3 Å². The number of aromatic nitrogens is 4. The molecule has 1 amide bonds. The number of ether oxygens (including phenoxy) is 4. The minimum absolute atomic E-state index is 0.0296. The third-order valence-electron chi connectivity index (χ3n) is 10.9. The zero-order valence-corrected chi connectivity index (χ0v) is 37.9. The van der Waals surface area contributed by atoms with E-state index < -0.39 is 50.2 Å². The van der Waals surface area contributed by atoms with Gasteiger partial charge in [0, 0.05) is 25.0 Å². The Balaban J connectivity index is 1.42. The average Bonchev–Trinajstić information content (AvgIpc) is 3.88. The molecular formula is C45H54F3N8O8P. The van der Waals surface area contributed by atoms with Crippen LogP contribution in [0.3, 0.4) is 0 Å². The van der Waals surface area contributed by atoms with Crippen molar-refractivity contribution < 1.29 is 46.0 Å². The summed E-state index contributed by atoms with van der Waals surface area (Å²) >= 11 is 0. The van der Waals surface area contributed by atoms with Gasteiger partial charge in [0.1, 0.15) is 34.8 Å². The molecule has 1 saturated heterocycles. The van der Waals surface area contributed by atoms with E-state index in [1.165, 1.54) is 4.57 Å². The van der Waals surface area contributed by atoms with Crippen molar-refractivity contribution in [1.82, 2.24) is 29.7 Å². The summed E-state index contributed by atoms with van der Waals surface area (Å²) in [7, 11) is 1.37. The Kier molecular flexibility index (Phi) is 16.2. The molecule has 348 valence electrons. The number of anilines is 1. The summed E-state index contributed by atoms with van der Waals surface area (Å²) in [6.07, 6.45) is -7.44. The molecule has 1 aliphatic heterocycles. The van der Waals surface area contributed by atoms with Gasteiger partial charge in [-0.3, -0.25) is 19.3 Å². The number of H-pyrrole nitrogens is 1. The van der Waals surface area contributed by atoms with Gasteiger partial charge in [0.2, 0.25) is 5.95 Å². The zero-order valence-electron chi connectivity index (χ0n) is 37.0. The van der Waals surface area contributed by atoms with E-state index in [9.17, 15) is 28.0 Å². The molecule has 0 saturated carbocycles. The number of fused-ring (bicyclic) bond motifs is 1. The van der Waals surface area contributed by atoms with E-state index in [0.29, 0.717) is 11.5 Å². The number of benzene rings is 3. The standard InChI is InChI=1S/C45H54F3N8O8P/c1-28(2)56(29(3)4)65(62-25-11-23-49)64-36-26-38(55-41(57)39-35(53-54-40(39)52-43(55)50)14-10-24-51-42(58)45(46,47)48)63-37(36)27-61-44(30-12-8-7-9-13-30,31-15-19-33(59-5)20-16-31)32-17-21-34(60-6)22-18-32/h7-9,12-13,15-22,28-29,36-38H,10-11,14,24-27H2,1-6H3,(H,51,58)(H3,50,52,53,54)/t36?,37-,38-,65?/m1/s1. The number of nitrogen functional groups attached to an aromatic ring is 1. The number of hydrogen-bond acceptors (Lipinski definition) is 13. The molecule has 0 aliphatic carbocycles. The third kappa shape index (κ3) is 11.1. The largest absolute Gasteiger partial charge is 0.497 e. The molecule has 4 atom stereocenters. The minimum atomic E-state index is -5.03. The Morgan fingerprint density at radius 2 is 1.60 bits per heavy atom. The van der Waals surface area contributed by atoms with Crippen molar-refractivity contribution in [2.45, 2.75) is 95.7 Å². The number of rotatable bonds is 21. The minimum Gasteiger partial charge on any atom is -0.497 e. The number of amides is 1. The number of halogens is 3. The molecule has 16 nitrogen and oxygen atoms in total. The van der Waals surface area contributed by atoms with Crippen LogP contribution < -0.4 is 26.1 Å². The van der Waals surface area contributed by atoms with Crippen molar-refractivity contribution in [2.24, 2.45) is 0 Å². The number of alkyl halides is 3. The Morgan fingerprint density at radius 3 is 2.15 bits per heavy atom. The zero-order chi connectivity index (χ0) is 46.9. The maximum atomic E-state index is 14.5. The molecule has 6 rings (SSSR count). The monoisotopic (exact) mass is 922 g/mol. The molecule has 20 heteroatoms. The summed E-state index contributed by atoms with van der Waals surface area (Å²) in [6.45, 7) is 7.79. The predicted octanol–water partition coefficient (Wildman–Crippen LogP) is 7.29. The Hall–Kier alpha value is -5.61. The van der Waals surface area contributed by atoms with E-state index in [1.807, 2.05) is 112 Å². The Bertz CT molecular complexity index is 2390. The van der Waals surface area contributed by atoms with Crippen LogP contribution in [0.4, 0.5) is 19.1 Å². The van der Waals surface area contributed by atoms with Gasteiger partial charge in [-0.2, -0.15) is 28.5 Å². The molecule has 0 spiro atoms. The van der Waals surface area contributed by atoms with Gasteiger partial charge in [-0.15, -0.1) is 0 Å². The fourth-order valence-corrected chi connectivity index (χ4v) is 9.65. The van der Waals surface area contributed by atoms with Crippen LogP contribution in [-0.4, -0.2) is 94.8 Å². The van der Waals surface area contributed by atoms with Crippen molar-refractivity contribution in [3.8, 4) is 17.6 Å². The molecular weight excluding hydrogens is 869 g/mol. The highest BCUT2D eigenvalue weighted by Crippen LogP contribution is 2.51. The van der Waals surface area contributed by atoms with Gasteiger partial charge >= 0.3 is 12.1 Å². The molecule has 3 heterocycles. The van der Waals surface area contributed by atoms with E-state index in [4.69, 9.17) is 33.7 Å². The van der Waals surface area contributed by atoms with Gasteiger partial charge < -0.3 is 39.0 Å². The molecule has 0 radical (unpaired) electrons. The molecule has 5 aromatic rings. The first-order valence-electron chi connectivity index (χ1n) is 21.1. The van der Waals surface area contributed by atoms with Crippen LogP contribution in [0.5, 0.6) is 11.5 Å². The number of aromatic amines is 1. The summed E-state index contributed by atoms with van der Waals surface area (Å²) in [5.41, 5.74) is 7.31. The molecule has 65 heavy (non-hydrogen) atoms. The van der Waals surface area contributed by atoms with E-state index >= 15 is 0 Å². The lowest BCUT2D eigenvalue weighted by Crippen LogP contribution is -2.39. The smallest absolute Gasteiger partial charge is 0.471 e. The van der Waals surface area contributed by atoms with E-state index in [2.05, 4.69) is 25.9 Å². The second kappa shape index (κ2) is 21.6. The number of nitrogens with one attached hydrogen (secondary N) is 2. The summed E-state index contributed by atoms with van der Waals surface area (Å²) < 4.78 is 80.0. The van der Waals surface area contributed by atoms with Gasteiger partial charge in [-0.1, -0.05) is 54.6 Å². The number of nitriles is 1. The third-order valence-corrected chi connectivity index (χ3v) is 13.0. The van der Waals surface area contributed by atoms with Crippen LogP contribution in [0.2, 0.25) is 0 Å². The molecule has 1 fully saturated rings. The lowest BCUT2D eigenvalue weighted by molar-refractivity contribution is -0.173. The molecule has 4 N–H and O–H groups in total. The van der Waals surface area contributed by atoms with Crippen molar-refractivity contribution in [3.63, 3.8) is 0 Å². The van der Waals surface area contributed by atoms with Gasteiger partial charge in [0.05, 0.1) is 51.7 Å². The number of methoxy groups -OCH3 is 2. The van der Waals surface area contributed by atoms with Gasteiger partial charge in [0.25, 0.3) is 14.1 Å². The van der Waals surface area contributed by atoms with Crippen molar-refractivity contribution in [2.75, 3.05) is 39.7 Å². The number of hydrogen-bond donors (Lipinski definition) is 3. The lowest BCUT2D eigenvalue weighted by atomic mass is 9.80. The first kappa shape index (κ1) is 48.8. The van der Waals surface area contributed by atoms with Crippen LogP contribution in [0.25, 0.3) is 11.0 Å². The maximum absolute atomic E-state index is 14.5. The van der Waals surface area contributed by atoms with Gasteiger partial charge in [-0.25, -0.2) is 4.67 Å². The highest BCUT2D eigenvalue weighted by molar-refractivity contribution is 7.44. The van der Waals surface area contributed by atoms with Crippen molar-refractivity contribution >= 4 is 31.4 Å². The normalized spacial score (nSPS) is 17.2. The second-order valence-corrected chi connectivity index (χ2v) is 17.2. The van der Waals surface area contributed by atoms with Crippen molar-refractivity contribution in [1.29, 1.82) is 5.26 Å². The fraction of sp³-hybridized carbons (Fsp3) is 0.444. The van der Waals surface area contributed by atoms with Crippen molar-refractivity contribution in [3.05, 3.63) is 112 Å². The number of aryl methyl sites for hydroxylation is 1. The number of nitrogens with two attached hydrogens (primary N) is 1. The summed E-state index contributed by atoms with van der Waals surface area (Å²) in [5, 5.41) is 18.2. The molecule has 2 unspecified atom stereocenters. The number of carbonyl (C=O) groups is 1. The van der Waals surface area contributed by atoms with Crippen LogP contribution in [0.15, 0.2) is 83.7 Å². The van der Waals surface area contributed by atoms with Gasteiger partial charge in [0.15, 0.2) is 5.65 Å². The Morgan fingerprint density at radius 1 is 1.00 bits per heavy atom. The van der Waals surface area contributed by atoms with E-state index in [1.54, 1.807) is 14.2 Å². The number of nitrogens with zero attached hydrogens (tertiary/aromatic N) is 5. The lowest BCUT2D eigenvalue weighted by Gasteiger charge is -2.39. The quantitative estimate of drug-likeness (QED) is 0.0377. The summed E-state index contributed by atoms with van der Waals surface area (Å²) in [6, 6.07) is 26.9. The topological polar surface area (TPSA) is 201 Å². The summed E-state index contributed by atoms with van der Waals surface area (Å²) in [5.74, 6) is -0.955. The fourth-order valence-electron chi connectivity index (χ4n) is 7.90. The second-order valence-electron chi connectivity index (χ2n) is 15.8. The highest BCUT2D eigenvalue weighted by Gasteiger charge is 2.46. The Labute approximate surface area is 376 Å².